The summed E-state index contributed by atoms with van der Waals surface area (Å²) < 4.78 is 11.1. The number of carbonyl (C=O) groups excluding carboxylic acids is 1. The molecule has 0 fully saturated rings. The van der Waals surface area contributed by atoms with E-state index in [0.29, 0.717) is 11.5 Å². The third-order valence-corrected chi connectivity index (χ3v) is 2.49. The highest BCUT2D eigenvalue weighted by Gasteiger charge is 2.08. The number of hydrogen-bond donors (Lipinski definition) is 0. The zero-order valence-corrected chi connectivity index (χ0v) is 10.00. The lowest BCUT2D eigenvalue weighted by atomic mass is 10.2. The maximum atomic E-state index is 10.0. The van der Waals surface area contributed by atoms with E-state index in [1.165, 1.54) is 6.08 Å². The van der Waals surface area contributed by atoms with Gasteiger partial charge in [-0.3, -0.25) is 0 Å². The fourth-order valence-electron chi connectivity index (χ4n) is 1.16. The van der Waals surface area contributed by atoms with Crippen LogP contribution in [0.2, 0.25) is 0 Å². The van der Waals surface area contributed by atoms with Crippen LogP contribution in [0.25, 0.3) is 0 Å². The average Bonchev–Trinajstić information content (AvgIpc) is 2.26. The van der Waals surface area contributed by atoms with Crippen molar-refractivity contribution in [2.24, 2.45) is 4.99 Å². The lowest BCUT2D eigenvalue weighted by Gasteiger charge is -2.10. The van der Waals surface area contributed by atoms with Crippen LogP contribution in [-0.2, 0) is 11.3 Å². The van der Waals surface area contributed by atoms with Gasteiger partial charge in [0, 0.05) is 11.6 Å². The van der Waals surface area contributed by atoms with Gasteiger partial charge in [-0.2, -0.15) is 0 Å². The van der Waals surface area contributed by atoms with Crippen molar-refractivity contribution in [3.8, 4) is 11.5 Å². The molecule has 0 atom stereocenters. The Morgan fingerprint density at radius 2 is 2.00 bits per heavy atom. The van der Waals surface area contributed by atoms with Gasteiger partial charge in [-0.15, -0.1) is 0 Å². The number of benzene rings is 1. The summed E-state index contributed by atoms with van der Waals surface area (Å²) in [7, 11) is 3.12. The molecule has 0 aliphatic heterocycles. The molecule has 0 aromatic heterocycles. The smallest absolute Gasteiger partial charge is 0.235 e. The standard InChI is InChI=1S/C10H10BrNO3/c1-14-9-4-10(15-2)8(11)3-7(9)5-12-6-13/h3-4H,5H2,1-2H3. The van der Waals surface area contributed by atoms with Crippen LogP contribution in [0.4, 0.5) is 0 Å². The highest BCUT2D eigenvalue weighted by molar-refractivity contribution is 9.10. The van der Waals surface area contributed by atoms with Gasteiger partial charge in [0.25, 0.3) is 0 Å². The summed E-state index contributed by atoms with van der Waals surface area (Å²) >= 11 is 3.34. The van der Waals surface area contributed by atoms with E-state index in [0.717, 1.165) is 10.0 Å². The molecule has 0 saturated carbocycles. The zero-order chi connectivity index (χ0) is 11.3. The minimum Gasteiger partial charge on any atom is -0.496 e. The minimum atomic E-state index is 0.245. The number of aliphatic imine (C=N–C) groups is 1. The first-order chi connectivity index (χ1) is 7.22. The van der Waals surface area contributed by atoms with Crippen LogP contribution in [0.3, 0.4) is 0 Å². The number of ether oxygens (including phenoxy) is 2. The molecule has 0 N–H and O–H groups in total. The zero-order valence-electron chi connectivity index (χ0n) is 8.41. The number of nitrogens with zero attached hydrogens (tertiary/aromatic N) is 1. The van der Waals surface area contributed by atoms with Crippen molar-refractivity contribution in [2.45, 2.75) is 6.54 Å². The van der Waals surface area contributed by atoms with Gasteiger partial charge in [0.1, 0.15) is 11.5 Å². The summed E-state index contributed by atoms with van der Waals surface area (Å²) in [5.74, 6) is 1.31. The molecule has 0 aliphatic rings. The third kappa shape index (κ3) is 2.81. The molecule has 1 aromatic rings. The number of halogens is 1. The Hall–Kier alpha value is -1.32. The minimum absolute atomic E-state index is 0.245. The van der Waals surface area contributed by atoms with E-state index in [9.17, 15) is 4.79 Å². The average molecular weight is 272 g/mol. The molecule has 0 unspecified atom stereocenters. The van der Waals surface area contributed by atoms with Crippen LogP contribution in [0, 0.1) is 0 Å². The van der Waals surface area contributed by atoms with Crippen molar-refractivity contribution in [3.05, 3.63) is 22.2 Å². The van der Waals surface area contributed by atoms with E-state index in [2.05, 4.69) is 20.9 Å². The summed E-state index contributed by atoms with van der Waals surface area (Å²) in [6, 6.07) is 3.54. The molecule has 1 rings (SSSR count). The Bertz CT molecular complexity index is 400. The Morgan fingerprint density at radius 1 is 1.33 bits per heavy atom. The van der Waals surface area contributed by atoms with Gasteiger partial charge in [-0.05, 0) is 22.0 Å². The topological polar surface area (TPSA) is 47.9 Å². The first-order valence-corrected chi connectivity index (χ1v) is 4.96. The summed E-state index contributed by atoms with van der Waals surface area (Å²) in [6.45, 7) is 0.245. The van der Waals surface area contributed by atoms with Gasteiger partial charge >= 0.3 is 0 Å². The lowest BCUT2D eigenvalue weighted by Crippen LogP contribution is -1.93. The van der Waals surface area contributed by atoms with Crippen molar-refractivity contribution < 1.29 is 14.3 Å². The van der Waals surface area contributed by atoms with Gasteiger partial charge in [-0.1, -0.05) is 0 Å². The maximum absolute atomic E-state index is 10.0. The first kappa shape index (κ1) is 11.8. The van der Waals surface area contributed by atoms with Crippen molar-refractivity contribution in [3.63, 3.8) is 0 Å². The van der Waals surface area contributed by atoms with Gasteiger partial charge < -0.3 is 9.47 Å². The first-order valence-electron chi connectivity index (χ1n) is 4.17. The lowest BCUT2D eigenvalue weighted by molar-refractivity contribution is 0.389. The van der Waals surface area contributed by atoms with E-state index < -0.39 is 0 Å². The summed E-state index contributed by atoms with van der Waals surface area (Å²) in [5.41, 5.74) is 0.800. The number of hydrogen-bond acceptors (Lipinski definition) is 4. The highest BCUT2D eigenvalue weighted by Crippen LogP contribution is 2.33. The number of isocyanates is 1. The molecule has 0 radical (unpaired) electrons. The molecule has 4 nitrogen and oxygen atoms in total. The van der Waals surface area contributed by atoms with Gasteiger partial charge in [0.05, 0.1) is 25.2 Å². The molecule has 0 bridgehead atoms. The predicted octanol–water partition coefficient (Wildman–Crippen LogP) is 2.30. The molecule has 15 heavy (non-hydrogen) atoms. The Morgan fingerprint density at radius 3 is 2.53 bits per heavy atom. The van der Waals surface area contributed by atoms with Gasteiger partial charge in [-0.25, -0.2) is 9.79 Å². The molecule has 5 heteroatoms. The van der Waals surface area contributed by atoms with Crippen LogP contribution < -0.4 is 9.47 Å². The van der Waals surface area contributed by atoms with Crippen LogP contribution in [0.1, 0.15) is 5.56 Å². The van der Waals surface area contributed by atoms with Crippen LogP contribution in [0.15, 0.2) is 21.6 Å². The highest BCUT2D eigenvalue weighted by atomic mass is 79.9. The van der Waals surface area contributed by atoms with Crippen molar-refractivity contribution in [1.82, 2.24) is 0 Å². The van der Waals surface area contributed by atoms with E-state index in [1.807, 2.05) is 0 Å². The van der Waals surface area contributed by atoms with Gasteiger partial charge in [0.15, 0.2) is 0 Å². The third-order valence-electron chi connectivity index (χ3n) is 1.87. The molecular weight excluding hydrogens is 262 g/mol. The molecule has 0 heterocycles. The second kappa shape index (κ2) is 5.53. The predicted molar refractivity (Wildman–Crippen MR) is 59.1 cm³/mol. The monoisotopic (exact) mass is 271 g/mol. The molecule has 0 spiro atoms. The molecular formula is C10H10BrNO3. The van der Waals surface area contributed by atoms with Crippen molar-refractivity contribution in [2.75, 3.05) is 14.2 Å². The van der Waals surface area contributed by atoms with Crippen molar-refractivity contribution >= 4 is 22.0 Å². The molecule has 0 aliphatic carbocycles. The maximum Gasteiger partial charge on any atom is 0.235 e. The van der Waals surface area contributed by atoms with Crippen LogP contribution in [-0.4, -0.2) is 20.3 Å². The van der Waals surface area contributed by atoms with E-state index in [1.54, 1.807) is 26.4 Å². The Balaban J connectivity index is 3.14. The Labute approximate surface area is 96.0 Å². The molecule has 1 aromatic carbocycles. The summed E-state index contributed by atoms with van der Waals surface area (Å²) in [4.78, 5) is 13.5. The summed E-state index contributed by atoms with van der Waals surface area (Å²) in [6.07, 6.45) is 1.49. The van der Waals surface area contributed by atoms with Crippen LogP contribution in [0.5, 0.6) is 11.5 Å². The summed E-state index contributed by atoms with van der Waals surface area (Å²) in [5, 5.41) is 0. The van der Waals surface area contributed by atoms with Crippen molar-refractivity contribution in [1.29, 1.82) is 0 Å². The van der Waals surface area contributed by atoms with E-state index in [4.69, 9.17) is 9.47 Å². The number of rotatable bonds is 4. The van der Waals surface area contributed by atoms with Crippen LogP contribution >= 0.6 is 15.9 Å². The fraction of sp³-hybridized carbons (Fsp3) is 0.300. The van der Waals surface area contributed by atoms with E-state index in [-0.39, 0.29) is 6.54 Å². The number of methoxy groups -OCH3 is 2. The quantitative estimate of drug-likeness (QED) is 0.624. The second-order valence-corrected chi connectivity index (χ2v) is 3.56. The Kier molecular flexibility index (Phi) is 4.34. The second-order valence-electron chi connectivity index (χ2n) is 2.71. The van der Waals surface area contributed by atoms with E-state index >= 15 is 0 Å². The molecule has 80 valence electrons. The molecule has 0 saturated heterocycles. The van der Waals surface area contributed by atoms with Gasteiger partial charge in [0.2, 0.25) is 6.08 Å². The SMILES string of the molecule is COc1cc(OC)c(CN=C=O)cc1Br. The largest absolute Gasteiger partial charge is 0.496 e. The normalized spacial score (nSPS) is 9.27. The fourth-order valence-corrected chi connectivity index (χ4v) is 1.72. The molecule has 0 amide bonds.